The molecule has 1 aliphatic heterocycles. The normalized spacial score (nSPS) is 18.3. The molecule has 11 heteroatoms. The Labute approximate surface area is 190 Å². The van der Waals surface area contributed by atoms with Crippen LogP contribution in [0.2, 0.25) is 5.15 Å². The van der Waals surface area contributed by atoms with Crippen LogP contribution < -0.4 is 15.5 Å². The molecule has 0 spiro atoms. The summed E-state index contributed by atoms with van der Waals surface area (Å²) < 4.78 is 5.61. The molecule has 2 atom stereocenters. The Morgan fingerprint density at radius 3 is 2.72 bits per heavy atom. The molecule has 2 aromatic rings. The van der Waals surface area contributed by atoms with Gasteiger partial charge in [-0.15, -0.1) is 0 Å². The number of hydrogen-bond donors (Lipinski definition) is 4. The van der Waals surface area contributed by atoms with Crippen molar-refractivity contribution in [3.05, 3.63) is 40.4 Å². The molecule has 0 saturated carbocycles. The van der Waals surface area contributed by atoms with Gasteiger partial charge in [0.15, 0.2) is 11.0 Å². The molecule has 1 aromatic heterocycles. The quantitative estimate of drug-likeness (QED) is 0.494. The lowest BCUT2D eigenvalue weighted by Gasteiger charge is -2.39. The van der Waals surface area contributed by atoms with E-state index in [2.05, 4.69) is 20.6 Å². The number of amides is 2. The lowest BCUT2D eigenvalue weighted by Crippen LogP contribution is -2.55. The zero-order valence-corrected chi connectivity index (χ0v) is 18.8. The summed E-state index contributed by atoms with van der Waals surface area (Å²) in [5.41, 5.74) is 1.63. The van der Waals surface area contributed by atoms with Crippen molar-refractivity contribution in [3.8, 4) is 0 Å². The average molecular weight is 464 g/mol. The topological polar surface area (TPSA) is 137 Å². The maximum absolute atomic E-state index is 12.6. The van der Waals surface area contributed by atoms with Crippen LogP contribution in [0.5, 0.6) is 0 Å². The number of aromatic carboxylic acids is 1. The smallest absolute Gasteiger partial charge is 0.337 e. The first-order valence-corrected chi connectivity index (χ1v) is 10.6. The summed E-state index contributed by atoms with van der Waals surface area (Å²) in [6.07, 6.45) is 0.888. The van der Waals surface area contributed by atoms with Gasteiger partial charge in [0, 0.05) is 32.8 Å². The number of methoxy groups -OCH3 is 1. The number of carbonyl (C=O) groups excluding carboxylic acids is 2. The highest BCUT2D eigenvalue weighted by molar-refractivity contribution is 6.30. The Bertz CT molecular complexity index is 1020. The monoisotopic (exact) mass is 463 g/mol. The number of H-pyrrole nitrogens is 1. The summed E-state index contributed by atoms with van der Waals surface area (Å²) in [7, 11) is 1.56. The zero-order chi connectivity index (χ0) is 23.4. The minimum Gasteiger partial charge on any atom is -0.478 e. The molecule has 0 aliphatic carbocycles. The number of benzene rings is 1. The SMILES string of the molecule is CCc1[nH]c(C(=O)N[C@H]2CCN(c3ccc(NC(C)=O)c(C(=O)O)c3)C[C@H]2OC)nc1Cl. The number of aromatic nitrogens is 2. The summed E-state index contributed by atoms with van der Waals surface area (Å²) in [4.78, 5) is 44.6. The van der Waals surface area contributed by atoms with Gasteiger partial charge in [-0.2, -0.15) is 0 Å². The first-order valence-electron chi connectivity index (χ1n) is 10.2. The van der Waals surface area contributed by atoms with Gasteiger partial charge in [-0.05, 0) is 31.0 Å². The zero-order valence-electron chi connectivity index (χ0n) is 18.1. The molecule has 3 rings (SSSR count). The average Bonchev–Trinajstić information content (AvgIpc) is 3.14. The van der Waals surface area contributed by atoms with E-state index < -0.39 is 5.97 Å². The summed E-state index contributed by atoms with van der Waals surface area (Å²) >= 11 is 6.03. The van der Waals surface area contributed by atoms with Gasteiger partial charge in [0.1, 0.15) is 0 Å². The molecule has 32 heavy (non-hydrogen) atoms. The number of carboxylic acids is 1. The van der Waals surface area contributed by atoms with Crippen molar-refractivity contribution in [1.29, 1.82) is 0 Å². The molecule has 1 fully saturated rings. The summed E-state index contributed by atoms with van der Waals surface area (Å²) in [5, 5.41) is 15.3. The van der Waals surface area contributed by atoms with Crippen LogP contribution in [0.1, 0.15) is 46.9 Å². The van der Waals surface area contributed by atoms with Gasteiger partial charge in [-0.3, -0.25) is 9.59 Å². The molecule has 172 valence electrons. The maximum Gasteiger partial charge on any atom is 0.337 e. The van der Waals surface area contributed by atoms with Crippen molar-refractivity contribution >= 4 is 40.8 Å². The second kappa shape index (κ2) is 10.0. The van der Waals surface area contributed by atoms with E-state index in [1.165, 1.54) is 13.0 Å². The molecular weight excluding hydrogens is 438 g/mol. The van der Waals surface area contributed by atoms with Crippen molar-refractivity contribution in [2.24, 2.45) is 0 Å². The number of aryl methyl sites for hydroxylation is 1. The first kappa shape index (κ1) is 23.6. The van der Waals surface area contributed by atoms with Gasteiger partial charge in [-0.1, -0.05) is 18.5 Å². The van der Waals surface area contributed by atoms with Crippen LogP contribution in [0.3, 0.4) is 0 Å². The Morgan fingerprint density at radius 1 is 1.38 bits per heavy atom. The van der Waals surface area contributed by atoms with Gasteiger partial charge in [0.25, 0.3) is 5.91 Å². The number of carbonyl (C=O) groups is 3. The lowest BCUT2D eigenvalue weighted by atomic mass is 10.00. The third kappa shape index (κ3) is 5.20. The molecule has 10 nitrogen and oxygen atoms in total. The summed E-state index contributed by atoms with van der Waals surface area (Å²) in [6, 6.07) is 4.59. The van der Waals surface area contributed by atoms with E-state index in [1.807, 2.05) is 11.8 Å². The minimum absolute atomic E-state index is 0.00326. The van der Waals surface area contributed by atoms with Crippen molar-refractivity contribution < 1.29 is 24.2 Å². The largest absolute Gasteiger partial charge is 0.478 e. The highest BCUT2D eigenvalue weighted by Gasteiger charge is 2.32. The highest BCUT2D eigenvalue weighted by atomic mass is 35.5. The number of imidazole rings is 1. The standard InChI is InChI=1S/C21H26ClN5O5/c1-4-14-18(22)26-19(24-14)20(29)25-16-7-8-27(10-17(16)32-3)12-5-6-15(23-11(2)28)13(9-12)21(30)31/h5-6,9,16-17H,4,7-8,10H2,1-3H3,(H,23,28)(H,24,26)(H,25,29)(H,30,31)/t16-,17+/m0/s1. The number of hydrogen-bond acceptors (Lipinski definition) is 6. The fraction of sp³-hybridized carbons (Fsp3) is 0.429. The minimum atomic E-state index is -1.13. The molecule has 1 aromatic carbocycles. The van der Waals surface area contributed by atoms with Gasteiger partial charge in [0.05, 0.1) is 29.1 Å². The number of halogens is 1. The van der Waals surface area contributed by atoms with Crippen molar-refractivity contribution in [1.82, 2.24) is 15.3 Å². The van der Waals surface area contributed by atoms with E-state index in [-0.39, 0.29) is 46.2 Å². The van der Waals surface area contributed by atoms with Crippen molar-refractivity contribution in [2.75, 3.05) is 30.4 Å². The number of nitrogens with zero attached hydrogens (tertiary/aromatic N) is 2. The Hall–Kier alpha value is -3.11. The fourth-order valence-electron chi connectivity index (χ4n) is 3.73. The van der Waals surface area contributed by atoms with Gasteiger partial charge < -0.3 is 30.4 Å². The van der Waals surface area contributed by atoms with E-state index in [0.717, 1.165) is 0 Å². The van der Waals surface area contributed by atoms with E-state index >= 15 is 0 Å². The fourth-order valence-corrected chi connectivity index (χ4v) is 3.99. The third-order valence-corrected chi connectivity index (χ3v) is 5.70. The van der Waals surface area contributed by atoms with Gasteiger partial charge in [0.2, 0.25) is 5.91 Å². The van der Waals surface area contributed by atoms with Crippen LogP contribution >= 0.6 is 11.6 Å². The number of carboxylic acid groups (broad SMARTS) is 1. The Balaban J connectivity index is 1.72. The van der Waals surface area contributed by atoms with Crippen LogP contribution in [0.15, 0.2) is 18.2 Å². The van der Waals surface area contributed by atoms with Gasteiger partial charge in [-0.25, -0.2) is 9.78 Å². The molecule has 0 radical (unpaired) electrons. The first-order chi connectivity index (χ1) is 15.2. The third-order valence-electron chi connectivity index (χ3n) is 5.38. The van der Waals surface area contributed by atoms with Crippen LogP contribution in [0.25, 0.3) is 0 Å². The maximum atomic E-state index is 12.6. The van der Waals surface area contributed by atoms with Crippen LogP contribution in [-0.4, -0.2) is 65.2 Å². The molecular formula is C21H26ClN5O5. The number of rotatable bonds is 7. The van der Waals surface area contributed by atoms with Gasteiger partial charge >= 0.3 is 5.97 Å². The highest BCUT2D eigenvalue weighted by Crippen LogP contribution is 2.27. The number of piperidine rings is 1. The van der Waals surface area contributed by atoms with Crippen LogP contribution in [0.4, 0.5) is 11.4 Å². The molecule has 2 heterocycles. The van der Waals surface area contributed by atoms with E-state index in [1.54, 1.807) is 19.2 Å². The number of anilines is 2. The van der Waals surface area contributed by atoms with E-state index in [0.29, 0.717) is 37.3 Å². The number of ether oxygens (including phenoxy) is 1. The predicted octanol–water partition coefficient (Wildman–Crippen LogP) is 2.31. The predicted molar refractivity (Wildman–Crippen MR) is 120 cm³/mol. The second-order valence-corrected chi connectivity index (χ2v) is 7.87. The second-order valence-electron chi connectivity index (χ2n) is 7.51. The summed E-state index contributed by atoms with van der Waals surface area (Å²) in [6.45, 7) is 4.25. The lowest BCUT2D eigenvalue weighted by molar-refractivity contribution is -0.114. The van der Waals surface area contributed by atoms with E-state index in [9.17, 15) is 19.5 Å². The molecule has 2 amide bonds. The summed E-state index contributed by atoms with van der Waals surface area (Å²) in [5.74, 6) is -1.69. The number of nitrogens with one attached hydrogen (secondary N) is 3. The number of aromatic amines is 1. The van der Waals surface area contributed by atoms with Crippen LogP contribution in [0, 0.1) is 0 Å². The molecule has 0 unspecified atom stereocenters. The Kier molecular flexibility index (Phi) is 7.37. The molecule has 0 bridgehead atoms. The molecule has 4 N–H and O–H groups in total. The molecule has 1 saturated heterocycles. The van der Waals surface area contributed by atoms with Crippen molar-refractivity contribution in [3.63, 3.8) is 0 Å². The van der Waals surface area contributed by atoms with Crippen molar-refractivity contribution in [2.45, 2.75) is 38.8 Å². The van der Waals surface area contributed by atoms with E-state index in [4.69, 9.17) is 16.3 Å². The Morgan fingerprint density at radius 2 is 2.12 bits per heavy atom. The molecule has 1 aliphatic rings. The van der Waals surface area contributed by atoms with Crippen LogP contribution in [-0.2, 0) is 16.0 Å².